The Hall–Kier alpha value is -4.88. The number of benzene rings is 6. The zero-order valence-electron chi connectivity index (χ0n) is 31.1. The van der Waals surface area contributed by atoms with E-state index < -0.39 is 0 Å². The fraction of sp³-hybridized carbons (Fsp3) is 0.280. The Balaban J connectivity index is 1.18. The largest absolute Gasteiger partial charge is 0.310 e. The lowest BCUT2D eigenvalue weighted by Crippen LogP contribution is -2.18. The Labute approximate surface area is 305 Å². The van der Waals surface area contributed by atoms with E-state index in [-0.39, 0.29) is 10.8 Å². The van der Waals surface area contributed by atoms with E-state index in [1.54, 1.807) is 0 Å². The van der Waals surface area contributed by atoms with E-state index >= 15 is 0 Å². The second kappa shape index (κ2) is 11.8. The van der Waals surface area contributed by atoms with E-state index in [0.717, 1.165) is 5.92 Å². The zero-order valence-corrected chi connectivity index (χ0v) is 31.1. The molecule has 0 spiro atoms. The SMILES string of the molecule is Cc1cc(-c2ccc(C3CCCCC3)cc2)cc(C)c1N(c1ccc2c(c1)C(C)(C)c1ccccc1-2)c1ccc2c(c1)C(C)(C)c1ccccc1-2. The number of hydrogen-bond donors (Lipinski definition) is 0. The molecule has 0 heterocycles. The number of nitrogens with zero attached hydrogens (tertiary/aromatic N) is 1. The van der Waals surface area contributed by atoms with Crippen LogP contribution in [0.1, 0.15) is 105 Å². The molecule has 0 radical (unpaired) electrons. The summed E-state index contributed by atoms with van der Waals surface area (Å²) in [6.45, 7) is 14.1. The molecule has 9 rings (SSSR count). The van der Waals surface area contributed by atoms with Gasteiger partial charge in [-0.15, -0.1) is 0 Å². The van der Waals surface area contributed by atoms with Gasteiger partial charge in [0, 0.05) is 22.2 Å². The van der Waals surface area contributed by atoms with Crippen molar-refractivity contribution in [1.82, 2.24) is 0 Å². The van der Waals surface area contributed by atoms with Crippen LogP contribution in [0.25, 0.3) is 33.4 Å². The minimum Gasteiger partial charge on any atom is -0.310 e. The van der Waals surface area contributed by atoms with Crippen molar-refractivity contribution in [1.29, 1.82) is 0 Å². The van der Waals surface area contributed by atoms with Crippen molar-refractivity contribution in [3.05, 3.63) is 160 Å². The van der Waals surface area contributed by atoms with Crippen molar-refractivity contribution in [2.24, 2.45) is 0 Å². The van der Waals surface area contributed by atoms with Crippen LogP contribution in [0, 0.1) is 13.8 Å². The first-order valence-corrected chi connectivity index (χ1v) is 19.1. The van der Waals surface area contributed by atoms with Crippen LogP contribution >= 0.6 is 0 Å². The monoisotopic (exact) mass is 663 g/mol. The minimum atomic E-state index is -0.0765. The van der Waals surface area contributed by atoms with Crippen molar-refractivity contribution < 1.29 is 0 Å². The van der Waals surface area contributed by atoms with Gasteiger partial charge in [-0.3, -0.25) is 0 Å². The van der Waals surface area contributed by atoms with Crippen LogP contribution in [-0.4, -0.2) is 0 Å². The smallest absolute Gasteiger partial charge is 0.0520 e. The fourth-order valence-electron chi connectivity index (χ4n) is 9.93. The lowest BCUT2D eigenvalue weighted by atomic mass is 9.82. The van der Waals surface area contributed by atoms with E-state index in [4.69, 9.17) is 0 Å². The highest BCUT2D eigenvalue weighted by atomic mass is 15.1. The van der Waals surface area contributed by atoms with Crippen LogP contribution in [0.5, 0.6) is 0 Å². The van der Waals surface area contributed by atoms with Gasteiger partial charge in [-0.2, -0.15) is 0 Å². The summed E-state index contributed by atoms with van der Waals surface area (Å²) < 4.78 is 0. The lowest BCUT2D eigenvalue weighted by Gasteiger charge is -2.32. The number of rotatable bonds is 5. The summed E-state index contributed by atoms with van der Waals surface area (Å²) in [5.74, 6) is 0.724. The van der Waals surface area contributed by atoms with Crippen LogP contribution in [0.4, 0.5) is 17.1 Å². The molecule has 0 aliphatic heterocycles. The molecular formula is C50H49N. The third-order valence-corrected chi connectivity index (χ3v) is 12.7. The molecule has 1 nitrogen and oxygen atoms in total. The molecule has 0 saturated heterocycles. The number of fused-ring (bicyclic) bond motifs is 6. The molecule has 6 aromatic carbocycles. The molecule has 0 atom stereocenters. The molecule has 0 bridgehead atoms. The maximum Gasteiger partial charge on any atom is 0.0520 e. The van der Waals surface area contributed by atoms with E-state index in [2.05, 4.69) is 168 Å². The highest BCUT2D eigenvalue weighted by Gasteiger charge is 2.38. The van der Waals surface area contributed by atoms with Crippen molar-refractivity contribution in [2.45, 2.75) is 90.4 Å². The highest BCUT2D eigenvalue weighted by Crippen LogP contribution is 2.53. The Morgan fingerprint density at radius 1 is 0.471 bits per heavy atom. The van der Waals surface area contributed by atoms with Gasteiger partial charge in [-0.1, -0.05) is 132 Å². The van der Waals surface area contributed by atoms with Crippen LogP contribution in [0.2, 0.25) is 0 Å². The fourth-order valence-corrected chi connectivity index (χ4v) is 9.93. The molecule has 1 fully saturated rings. The molecule has 1 saturated carbocycles. The first-order chi connectivity index (χ1) is 24.6. The number of anilines is 3. The van der Waals surface area contributed by atoms with Crippen LogP contribution in [-0.2, 0) is 10.8 Å². The summed E-state index contributed by atoms with van der Waals surface area (Å²) in [4.78, 5) is 2.54. The molecule has 51 heavy (non-hydrogen) atoms. The second-order valence-electron chi connectivity index (χ2n) is 16.6. The molecule has 6 aromatic rings. The van der Waals surface area contributed by atoms with Gasteiger partial charge in [0.15, 0.2) is 0 Å². The quantitative estimate of drug-likeness (QED) is 0.177. The van der Waals surface area contributed by atoms with Crippen LogP contribution < -0.4 is 4.90 Å². The van der Waals surface area contributed by atoms with Gasteiger partial charge in [-0.25, -0.2) is 0 Å². The van der Waals surface area contributed by atoms with Gasteiger partial charge < -0.3 is 4.90 Å². The molecule has 0 N–H and O–H groups in total. The van der Waals surface area contributed by atoms with Gasteiger partial charge >= 0.3 is 0 Å². The maximum absolute atomic E-state index is 2.54. The van der Waals surface area contributed by atoms with Gasteiger partial charge in [0.25, 0.3) is 0 Å². The zero-order chi connectivity index (χ0) is 35.1. The Morgan fingerprint density at radius 3 is 1.45 bits per heavy atom. The van der Waals surface area contributed by atoms with Gasteiger partial charge in [-0.05, 0) is 141 Å². The first-order valence-electron chi connectivity index (χ1n) is 19.1. The second-order valence-corrected chi connectivity index (χ2v) is 16.6. The van der Waals surface area contributed by atoms with Crippen molar-refractivity contribution in [3.8, 4) is 33.4 Å². The summed E-state index contributed by atoms with van der Waals surface area (Å²) in [6, 6.07) is 46.6. The van der Waals surface area contributed by atoms with E-state index in [1.165, 1.54) is 121 Å². The molecule has 0 unspecified atom stereocenters. The van der Waals surface area contributed by atoms with E-state index in [0.29, 0.717) is 0 Å². The predicted molar refractivity (Wildman–Crippen MR) is 217 cm³/mol. The molecule has 0 amide bonds. The topological polar surface area (TPSA) is 3.24 Å². The summed E-state index contributed by atoms with van der Waals surface area (Å²) >= 11 is 0. The van der Waals surface area contributed by atoms with Crippen LogP contribution in [0.15, 0.2) is 121 Å². The maximum atomic E-state index is 2.54. The van der Waals surface area contributed by atoms with E-state index in [1.807, 2.05) is 0 Å². The Kier molecular flexibility index (Phi) is 7.44. The summed E-state index contributed by atoms with van der Waals surface area (Å²) in [5, 5.41) is 0. The standard InChI is InChI=1S/C50H49N/c1-32-28-37(36-22-20-35(21-23-36)34-14-8-7-9-15-34)29-33(2)48(32)51(38-24-26-42-40-16-10-12-18-44(40)49(3,4)46(42)30-38)39-25-27-43-41-17-11-13-19-45(41)50(5,6)47(43)31-39/h10-13,16-31,34H,7-9,14-15H2,1-6H3. The lowest BCUT2D eigenvalue weighted by molar-refractivity contribution is 0.443. The van der Waals surface area contributed by atoms with Gasteiger partial charge in [0.05, 0.1) is 5.69 Å². The summed E-state index contributed by atoms with van der Waals surface area (Å²) in [6.07, 6.45) is 6.79. The first kappa shape index (κ1) is 32.1. The average molecular weight is 664 g/mol. The molecule has 3 aliphatic carbocycles. The summed E-state index contributed by atoms with van der Waals surface area (Å²) in [7, 11) is 0. The predicted octanol–water partition coefficient (Wildman–Crippen LogP) is 14.1. The van der Waals surface area contributed by atoms with E-state index in [9.17, 15) is 0 Å². The molecule has 254 valence electrons. The summed E-state index contributed by atoms with van der Waals surface area (Å²) in [5.41, 5.74) is 21.2. The average Bonchev–Trinajstić information content (AvgIpc) is 3.52. The number of aryl methyl sites for hydroxylation is 2. The van der Waals surface area contributed by atoms with Gasteiger partial charge in [0.2, 0.25) is 0 Å². The third kappa shape index (κ3) is 5.03. The van der Waals surface area contributed by atoms with Gasteiger partial charge in [0.1, 0.15) is 0 Å². The van der Waals surface area contributed by atoms with Crippen LogP contribution in [0.3, 0.4) is 0 Å². The third-order valence-electron chi connectivity index (χ3n) is 12.7. The highest BCUT2D eigenvalue weighted by molar-refractivity contribution is 5.90. The van der Waals surface area contributed by atoms with Crippen molar-refractivity contribution in [3.63, 3.8) is 0 Å². The van der Waals surface area contributed by atoms with Crippen molar-refractivity contribution in [2.75, 3.05) is 4.90 Å². The Morgan fingerprint density at radius 2 is 0.941 bits per heavy atom. The molecule has 1 heteroatoms. The normalized spacial score (nSPS) is 16.7. The molecule has 0 aromatic heterocycles. The van der Waals surface area contributed by atoms with Crippen molar-refractivity contribution >= 4 is 17.1 Å². The number of hydrogen-bond acceptors (Lipinski definition) is 1. The Bertz CT molecular complexity index is 2180. The molecular weight excluding hydrogens is 615 g/mol. The minimum absolute atomic E-state index is 0.0765. The molecule has 3 aliphatic rings.